The van der Waals surface area contributed by atoms with E-state index in [1.165, 1.54) is 12.1 Å². The fourth-order valence-electron chi connectivity index (χ4n) is 1.93. The molecule has 0 aliphatic rings. The van der Waals surface area contributed by atoms with Crippen LogP contribution < -0.4 is 16.8 Å². The van der Waals surface area contributed by atoms with Crippen molar-refractivity contribution in [2.24, 2.45) is 17.4 Å². The topological polar surface area (TPSA) is 98.2 Å². The molecular weight excluding hydrogens is 290 g/mol. The van der Waals surface area contributed by atoms with Crippen molar-refractivity contribution in [3.05, 3.63) is 28.8 Å². The molecule has 1 aromatic carbocycles. The predicted octanol–water partition coefficient (Wildman–Crippen LogP) is 2.53. The van der Waals surface area contributed by atoms with Crippen molar-refractivity contribution in [3.63, 3.8) is 0 Å². The van der Waals surface area contributed by atoms with Gasteiger partial charge in [0.05, 0.1) is 10.6 Å². The number of hydrogen-bond donors (Lipinski definition) is 3. The van der Waals surface area contributed by atoms with E-state index in [4.69, 9.17) is 23.1 Å². The van der Waals surface area contributed by atoms with Crippen LogP contribution in [-0.2, 0) is 4.79 Å². The quantitative estimate of drug-likeness (QED) is 0.721. The van der Waals surface area contributed by atoms with E-state index in [0.29, 0.717) is 5.69 Å². The van der Waals surface area contributed by atoms with Crippen molar-refractivity contribution in [2.45, 2.75) is 39.2 Å². The second kappa shape index (κ2) is 8.00. The molecule has 116 valence electrons. The summed E-state index contributed by atoms with van der Waals surface area (Å²) < 4.78 is 0. The minimum Gasteiger partial charge on any atom is -0.366 e. The van der Waals surface area contributed by atoms with E-state index >= 15 is 0 Å². The van der Waals surface area contributed by atoms with E-state index in [0.717, 1.165) is 19.3 Å². The van der Waals surface area contributed by atoms with Crippen molar-refractivity contribution in [3.8, 4) is 0 Å². The Balaban J connectivity index is 2.62. The summed E-state index contributed by atoms with van der Waals surface area (Å²) in [6.07, 6.45) is 2.56. The number of rotatable bonds is 7. The standard InChI is InChI=1S/C15H22ClN3O2/c1-9(4-3-5-10(2)17)15(21)19-11-6-7-13(16)12(8-11)14(18)20/h6-10H,3-5,17H2,1-2H3,(H2,18,20)(H,19,21). The third-order valence-electron chi connectivity index (χ3n) is 3.24. The smallest absolute Gasteiger partial charge is 0.250 e. The molecule has 0 saturated heterocycles. The number of nitrogens with two attached hydrogens (primary N) is 2. The minimum atomic E-state index is -0.624. The Hall–Kier alpha value is -1.59. The Morgan fingerprint density at radius 3 is 2.52 bits per heavy atom. The van der Waals surface area contributed by atoms with Gasteiger partial charge in [-0.2, -0.15) is 0 Å². The summed E-state index contributed by atoms with van der Waals surface area (Å²) >= 11 is 5.86. The van der Waals surface area contributed by atoms with Crippen LogP contribution >= 0.6 is 11.6 Å². The largest absolute Gasteiger partial charge is 0.366 e. The predicted molar refractivity (Wildman–Crippen MR) is 85.3 cm³/mol. The zero-order valence-electron chi connectivity index (χ0n) is 12.4. The SMILES string of the molecule is CC(N)CCCC(C)C(=O)Nc1ccc(Cl)c(C(N)=O)c1. The van der Waals surface area contributed by atoms with Gasteiger partial charge in [0.1, 0.15) is 0 Å². The molecular formula is C15H22ClN3O2. The second-order valence-corrected chi connectivity index (χ2v) is 5.76. The number of carbonyl (C=O) groups is 2. The van der Waals surface area contributed by atoms with Gasteiger partial charge in [-0.25, -0.2) is 0 Å². The maximum atomic E-state index is 12.1. The molecule has 2 atom stereocenters. The van der Waals surface area contributed by atoms with E-state index in [1.54, 1.807) is 6.07 Å². The Kier molecular flexibility index (Phi) is 6.65. The third kappa shape index (κ3) is 5.73. The summed E-state index contributed by atoms with van der Waals surface area (Å²) in [7, 11) is 0. The monoisotopic (exact) mass is 311 g/mol. The first-order chi connectivity index (χ1) is 9.81. The van der Waals surface area contributed by atoms with Crippen molar-refractivity contribution in [1.29, 1.82) is 0 Å². The van der Waals surface area contributed by atoms with Gasteiger partial charge in [0.15, 0.2) is 0 Å². The Bertz CT molecular complexity index is 518. The first-order valence-electron chi connectivity index (χ1n) is 6.97. The van der Waals surface area contributed by atoms with Crippen LogP contribution in [0.25, 0.3) is 0 Å². The summed E-state index contributed by atoms with van der Waals surface area (Å²) in [5, 5.41) is 3.03. The van der Waals surface area contributed by atoms with E-state index < -0.39 is 5.91 Å². The van der Waals surface area contributed by atoms with E-state index in [-0.39, 0.29) is 28.5 Å². The molecule has 2 amide bonds. The lowest BCUT2D eigenvalue weighted by molar-refractivity contribution is -0.119. The number of hydrogen-bond acceptors (Lipinski definition) is 3. The molecule has 0 saturated carbocycles. The molecule has 0 aliphatic carbocycles. The van der Waals surface area contributed by atoms with Crippen LogP contribution in [0, 0.1) is 5.92 Å². The van der Waals surface area contributed by atoms with Gasteiger partial charge in [-0.3, -0.25) is 9.59 Å². The van der Waals surface area contributed by atoms with E-state index in [9.17, 15) is 9.59 Å². The fraction of sp³-hybridized carbons (Fsp3) is 0.467. The van der Waals surface area contributed by atoms with Crippen LogP contribution in [0.4, 0.5) is 5.69 Å². The molecule has 0 fully saturated rings. The van der Waals surface area contributed by atoms with Crippen LogP contribution in [-0.4, -0.2) is 17.9 Å². The fourth-order valence-corrected chi connectivity index (χ4v) is 2.15. The number of anilines is 1. The molecule has 5 nitrogen and oxygen atoms in total. The van der Waals surface area contributed by atoms with Crippen LogP contribution in [0.15, 0.2) is 18.2 Å². The highest BCUT2D eigenvalue weighted by Gasteiger charge is 2.14. The van der Waals surface area contributed by atoms with Crippen molar-refractivity contribution in [2.75, 3.05) is 5.32 Å². The van der Waals surface area contributed by atoms with Gasteiger partial charge in [0, 0.05) is 17.6 Å². The molecule has 0 spiro atoms. The third-order valence-corrected chi connectivity index (χ3v) is 3.57. The lowest BCUT2D eigenvalue weighted by Gasteiger charge is -2.13. The summed E-state index contributed by atoms with van der Waals surface area (Å²) in [5.74, 6) is -0.852. The van der Waals surface area contributed by atoms with Crippen molar-refractivity contribution < 1.29 is 9.59 Å². The lowest BCUT2D eigenvalue weighted by Crippen LogP contribution is -2.22. The zero-order chi connectivity index (χ0) is 16.0. The molecule has 5 N–H and O–H groups in total. The summed E-state index contributed by atoms with van der Waals surface area (Å²) in [5.41, 5.74) is 11.6. The van der Waals surface area contributed by atoms with E-state index in [2.05, 4.69) is 5.32 Å². The van der Waals surface area contributed by atoms with Gasteiger partial charge >= 0.3 is 0 Å². The minimum absolute atomic E-state index is 0.0996. The lowest BCUT2D eigenvalue weighted by atomic mass is 10.0. The van der Waals surface area contributed by atoms with Crippen molar-refractivity contribution >= 4 is 29.1 Å². The Morgan fingerprint density at radius 1 is 1.29 bits per heavy atom. The molecule has 1 aromatic rings. The van der Waals surface area contributed by atoms with E-state index in [1.807, 2.05) is 13.8 Å². The molecule has 0 aromatic heterocycles. The normalized spacial score (nSPS) is 13.5. The highest BCUT2D eigenvalue weighted by atomic mass is 35.5. The first kappa shape index (κ1) is 17.5. The van der Waals surface area contributed by atoms with Crippen LogP contribution in [0.5, 0.6) is 0 Å². The van der Waals surface area contributed by atoms with Crippen LogP contribution in [0.3, 0.4) is 0 Å². The summed E-state index contributed by atoms with van der Waals surface area (Å²) in [4.78, 5) is 23.3. The van der Waals surface area contributed by atoms with Gasteiger partial charge in [-0.1, -0.05) is 24.9 Å². The van der Waals surface area contributed by atoms with Gasteiger partial charge in [-0.05, 0) is 38.0 Å². The summed E-state index contributed by atoms with van der Waals surface area (Å²) in [6, 6.07) is 4.81. The molecule has 2 unspecified atom stereocenters. The first-order valence-corrected chi connectivity index (χ1v) is 7.35. The number of carbonyl (C=O) groups excluding carboxylic acids is 2. The zero-order valence-corrected chi connectivity index (χ0v) is 13.1. The molecule has 0 heterocycles. The van der Waals surface area contributed by atoms with Gasteiger partial charge in [0.2, 0.25) is 11.8 Å². The number of benzene rings is 1. The number of primary amides is 1. The molecule has 0 bridgehead atoms. The molecule has 1 rings (SSSR count). The van der Waals surface area contributed by atoms with Crippen LogP contribution in [0.1, 0.15) is 43.5 Å². The number of halogens is 1. The molecule has 21 heavy (non-hydrogen) atoms. The maximum Gasteiger partial charge on any atom is 0.250 e. The number of amides is 2. The number of nitrogens with one attached hydrogen (secondary N) is 1. The Labute approximate surface area is 130 Å². The second-order valence-electron chi connectivity index (χ2n) is 5.36. The van der Waals surface area contributed by atoms with Crippen LogP contribution in [0.2, 0.25) is 5.02 Å². The Morgan fingerprint density at radius 2 is 1.95 bits per heavy atom. The molecule has 0 aliphatic heterocycles. The molecule has 6 heteroatoms. The van der Waals surface area contributed by atoms with Gasteiger partial charge in [-0.15, -0.1) is 0 Å². The molecule has 0 radical (unpaired) electrons. The average Bonchev–Trinajstić information content (AvgIpc) is 2.40. The maximum absolute atomic E-state index is 12.1. The highest BCUT2D eigenvalue weighted by molar-refractivity contribution is 6.33. The average molecular weight is 312 g/mol. The summed E-state index contributed by atoms with van der Waals surface area (Å²) in [6.45, 7) is 3.81. The highest BCUT2D eigenvalue weighted by Crippen LogP contribution is 2.21. The van der Waals surface area contributed by atoms with Gasteiger partial charge in [0.25, 0.3) is 0 Å². The van der Waals surface area contributed by atoms with Crippen molar-refractivity contribution in [1.82, 2.24) is 0 Å². The van der Waals surface area contributed by atoms with Gasteiger partial charge < -0.3 is 16.8 Å².